The highest BCUT2D eigenvalue weighted by Gasteiger charge is 2.41. The van der Waals surface area contributed by atoms with E-state index in [9.17, 15) is 15.8 Å². The monoisotopic (exact) mass is 847 g/mol. The Kier molecular flexibility index (Phi) is 9.14. The number of nitriles is 3. The lowest BCUT2D eigenvalue weighted by molar-refractivity contribution is -0.142. The minimum Gasteiger partial charge on any atom is -0.308 e. The van der Waals surface area contributed by atoms with Crippen molar-refractivity contribution in [1.29, 1.82) is 15.8 Å². The predicted molar refractivity (Wildman–Crippen MR) is 236 cm³/mol. The van der Waals surface area contributed by atoms with E-state index >= 15 is 26.3 Å². The van der Waals surface area contributed by atoms with Crippen molar-refractivity contribution in [3.63, 3.8) is 0 Å². The molecule has 0 N–H and O–H groups in total. The quantitative estimate of drug-likeness (QED) is 0.162. The molecule has 0 unspecified atom stereocenters. The van der Waals surface area contributed by atoms with Crippen LogP contribution in [-0.4, -0.2) is 9.13 Å². The van der Waals surface area contributed by atoms with E-state index in [2.05, 4.69) is 18.2 Å². The van der Waals surface area contributed by atoms with Gasteiger partial charge in [0.15, 0.2) is 0 Å². The highest BCUT2D eigenvalue weighted by molar-refractivity contribution is 6.12. The van der Waals surface area contributed by atoms with E-state index in [0.717, 1.165) is 6.07 Å². The van der Waals surface area contributed by atoms with Crippen LogP contribution in [-0.2, 0) is 12.4 Å². The molecule has 11 heteroatoms. The van der Waals surface area contributed by atoms with Gasteiger partial charge >= 0.3 is 12.4 Å². The second-order valence-corrected chi connectivity index (χ2v) is 15.2. The molecule has 0 bridgehead atoms. The van der Waals surface area contributed by atoms with Crippen LogP contribution in [0.1, 0.15) is 27.8 Å². The second-order valence-electron chi connectivity index (χ2n) is 15.2. The predicted octanol–water partition coefficient (Wildman–Crippen LogP) is 14.5. The molecule has 10 rings (SSSR count). The van der Waals surface area contributed by atoms with Gasteiger partial charge in [0.2, 0.25) is 0 Å². The minimum atomic E-state index is -5.20. The largest absolute Gasteiger partial charge is 0.417 e. The first-order chi connectivity index (χ1) is 30.9. The first-order valence-electron chi connectivity index (χ1n) is 19.8. The van der Waals surface area contributed by atoms with E-state index in [1.54, 1.807) is 81.9 Å². The number of rotatable bonds is 5. The number of hydrogen-bond donors (Lipinski definition) is 0. The van der Waals surface area contributed by atoms with Gasteiger partial charge in [-0.05, 0) is 101 Å². The van der Waals surface area contributed by atoms with Crippen molar-refractivity contribution in [3.8, 4) is 63.0 Å². The average Bonchev–Trinajstić information content (AvgIpc) is 3.82. The van der Waals surface area contributed by atoms with Crippen molar-refractivity contribution in [2.45, 2.75) is 12.4 Å². The van der Waals surface area contributed by atoms with E-state index in [1.165, 1.54) is 12.1 Å². The Morgan fingerprint density at radius 2 is 0.781 bits per heavy atom. The number of hydrogen-bond acceptors (Lipinski definition) is 3. The van der Waals surface area contributed by atoms with Crippen LogP contribution in [0.3, 0.4) is 0 Å². The lowest BCUT2D eigenvalue weighted by Gasteiger charge is -2.22. The van der Waals surface area contributed by atoms with Crippen molar-refractivity contribution >= 4 is 43.6 Å². The van der Waals surface area contributed by atoms with Crippen LogP contribution in [0.5, 0.6) is 0 Å². The lowest BCUT2D eigenvalue weighted by atomic mass is 9.91. The van der Waals surface area contributed by atoms with E-state index in [4.69, 9.17) is 0 Å². The Hall–Kier alpha value is -8.59. The first-order valence-corrected chi connectivity index (χ1v) is 19.8. The van der Waals surface area contributed by atoms with Gasteiger partial charge in [0.1, 0.15) is 11.6 Å². The zero-order valence-electron chi connectivity index (χ0n) is 33.1. The summed E-state index contributed by atoms with van der Waals surface area (Å²) >= 11 is 0. The molecule has 0 saturated heterocycles. The Balaban J connectivity index is 1.36. The number of nitrogens with zero attached hydrogens (tertiary/aromatic N) is 5. The van der Waals surface area contributed by atoms with Crippen molar-refractivity contribution in [3.05, 3.63) is 192 Å². The molecular formula is C53H27F6N5. The molecule has 8 aromatic carbocycles. The third-order valence-electron chi connectivity index (χ3n) is 11.7. The maximum Gasteiger partial charge on any atom is 0.417 e. The summed E-state index contributed by atoms with van der Waals surface area (Å²) in [5, 5.41) is 33.9. The fourth-order valence-electron chi connectivity index (χ4n) is 9.02. The molecule has 0 saturated carbocycles. The summed E-state index contributed by atoms with van der Waals surface area (Å²) in [6.07, 6.45) is -10.4. The topological polar surface area (TPSA) is 81.2 Å². The molecule has 0 fully saturated rings. The minimum absolute atomic E-state index is 0.0232. The second kappa shape index (κ2) is 14.8. The summed E-state index contributed by atoms with van der Waals surface area (Å²) in [6.45, 7) is 0. The van der Waals surface area contributed by atoms with Crippen LogP contribution < -0.4 is 0 Å². The summed E-state index contributed by atoms with van der Waals surface area (Å²) in [6, 6.07) is 50.7. The van der Waals surface area contributed by atoms with Crippen LogP contribution in [0.15, 0.2) is 164 Å². The molecule has 0 amide bonds. The van der Waals surface area contributed by atoms with Crippen LogP contribution in [0.4, 0.5) is 26.3 Å². The summed E-state index contributed by atoms with van der Waals surface area (Å²) < 4.78 is 93.5. The molecule has 0 radical (unpaired) electrons. The zero-order chi connectivity index (χ0) is 44.5. The molecule has 5 nitrogen and oxygen atoms in total. The van der Waals surface area contributed by atoms with Crippen LogP contribution in [0.2, 0.25) is 0 Å². The van der Waals surface area contributed by atoms with Crippen LogP contribution in [0, 0.1) is 34.0 Å². The highest BCUT2D eigenvalue weighted by Crippen LogP contribution is 2.48. The molecular weight excluding hydrogens is 821 g/mol. The molecule has 0 atom stereocenters. The average molecular weight is 848 g/mol. The molecule has 306 valence electrons. The Labute approximate surface area is 360 Å². The van der Waals surface area contributed by atoms with Crippen molar-refractivity contribution < 1.29 is 26.3 Å². The molecule has 0 spiro atoms. The van der Waals surface area contributed by atoms with Crippen molar-refractivity contribution in [2.75, 3.05) is 0 Å². The highest BCUT2D eigenvalue weighted by atomic mass is 19.4. The van der Waals surface area contributed by atoms with E-state index in [0.29, 0.717) is 89.1 Å². The van der Waals surface area contributed by atoms with Crippen molar-refractivity contribution in [1.82, 2.24) is 9.13 Å². The SMILES string of the molecule is N#Cc1ccccc1-c1ccc2c(c1)c1ccccc1n2-c1cc(-c2c(C(F)(F)F)cccc2C(F)(F)F)cc(-n2c3ccccc3c3cc(-c4ccccc4C#N)ccc32)c1C#N. The van der Waals surface area contributed by atoms with E-state index < -0.39 is 34.6 Å². The standard InChI is InChI=1S/C53H27F6N5/c54-52(55,56)43-16-9-17-44(53(57,58)59)51(43)35-26-49(63-45-18-7-5-14-38(45)40-24-31(20-22-47(40)63)36-12-3-1-10-33(36)28-60)42(30-62)50(27-35)64-46-19-8-6-15-39(46)41-25-32(21-23-48(41)64)37-13-4-2-11-34(37)29-61/h1-27H. The molecule has 0 aliphatic carbocycles. The molecule has 2 heterocycles. The molecule has 64 heavy (non-hydrogen) atoms. The maximum atomic E-state index is 15.0. The summed E-state index contributed by atoms with van der Waals surface area (Å²) in [5.74, 6) is 0. The third kappa shape index (κ3) is 6.23. The van der Waals surface area contributed by atoms with Gasteiger partial charge in [-0.25, -0.2) is 0 Å². The third-order valence-corrected chi connectivity index (χ3v) is 11.7. The van der Waals surface area contributed by atoms with Gasteiger partial charge in [0.25, 0.3) is 0 Å². The Morgan fingerprint density at radius 1 is 0.375 bits per heavy atom. The van der Waals surface area contributed by atoms with Gasteiger partial charge in [0, 0.05) is 27.1 Å². The number of benzene rings is 8. The van der Waals surface area contributed by atoms with Gasteiger partial charge in [-0.2, -0.15) is 42.1 Å². The van der Waals surface area contributed by atoms with Gasteiger partial charge in [-0.1, -0.05) is 91.0 Å². The summed E-state index contributed by atoms with van der Waals surface area (Å²) in [7, 11) is 0. The van der Waals surface area contributed by atoms with Crippen LogP contribution >= 0.6 is 0 Å². The first kappa shape index (κ1) is 39.5. The zero-order valence-corrected chi connectivity index (χ0v) is 33.1. The molecule has 2 aromatic heterocycles. The van der Waals surface area contributed by atoms with Crippen molar-refractivity contribution in [2.24, 2.45) is 0 Å². The number of alkyl halides is 6. The molecule has 10 aromatic rings. The number of para-hydroxylation sites is 2. The summed E-state index contributed by atoms with van der Waals surface area (Å²) in [5.41, 5.74) is 1.30. The number of halogens is 6. The Bertz CT molecular complexity index is 3470. The number of fused-ring (bicyclic) bond motifs is 6. The molecule has 0 aliphatic heterocycles. The van der Waals surface area contributed by atoms with E-state index in [-0.39, 0.29) is 16.9 Å². The molecule has 0 aliphatic rings. The van der Waals surface area contributed by atoms with E-state index in [1.807, 2.05) is 60.7 Å². The van der Waals surface area contributed by atoms with Crippen LogP contribution in [0.25, 0.3) is 88.4 Å². The Morgan fingerprint density at radius 3 is 1.20 bits per heavy atom. The van der Waals surface area contributed by atoms with Gasteiger partial charge < -0.3 is 9.13 Å². The number of aromatic nitrogens is 2. The maximum absolute atomic E-state index is 15.0. The van der Waals surface area contributed by atoms with Gasteiger partial charge in [-0.3, -0.25) is 0 Å². The normalized spacial score (nSPS) is 11.9. The van der Waals surface area contributed by atoms with Gasteiger partial charge in [-0.15, -0.1) is 0 Å². The smallest absolute Gasteiger partial charge is 0.308 e. The van der Waals surface area contributed by atoms with Gasteiger partial charge in [0.05, 0.1) is 67.8 Å². The summed E-state index contributed by atoms with van der Waals surface area (Å²) in [4.78, 5) is 0. The lowest BCUT2D eigenvalue weighted by Crippen LogP contribution is -2.15. The fraction of sp³-hybridized carbons (Fsp3) is 0.0377. The fourth-order valence-corrected chi connectivity index (χ4v) is 9.02.